The van der Waals surface area contributed by atoms with Crippen molar-refractivity contribution >= 4 is 11.8 Å². The first-order chi connectivity index (χ1) is 12.5. The Morgan fingerprint density at radius 3 is 2.73 bits per heavy atom. The highest BCUT2D eigenvalue weighted by atomic mass is 16.2. The highest BCUT2D eigenvalue weighted by Crippen LogP contribution is 2.30. The third kappa shape index (κ3) is 3.64. The third-order valence-corrected chi connectivity index (χ3v) is 4.99. The normalized spacial score (nSPS) is 16.3. The van der Waals surface area contributed by atoms with Crippen molar-refractivity contribution in [2.75, 3.05) is 6.54 Å². The Hall–Kier alpha value is -2.62. The van der Waals surface area contributed by atoms with Crippen LogP contribution in [0.15, 0.2) is 42.5 Å². The Balaban J connectivity index is 1.85. The molecule has 0 saturated heterocycles. The van der Waals surface area contributed by atoms with Gasteiger partial charge in [-0.2, -0.15) is 0 Å². The van der Waals surface area contributed by atoms with Crippen LogP contribution in [0.2, 0.25) is 0 Å². The van der Waals surface area contributed by atoms with E-state index < -0.39 is 6.04 Å². The molecule has 0 radical (unpaired) electrons. The summed E-state index contributed by atoms with van der Waals surface area (Å²) >= 11 is 0. The maximum atomic E-state index is 13.1. The van der Waals surface area contributed by atoms with Crippen molar-refractivity contribution in [1.82, 2.24) is 10.2 Å². The molecule has 1 aliphatic rings. The van der Waals surface area contributed by atoms with Gasteiger partial charge in [0.15, 0.2) is 0 Å². The van der Waals surface area contributed by atoms with Gasteiger partial charge >= 0.3 is 0 Å². The number of hydrogen-bond acceptors (Lipinski definition) is 2. The van der Waals surface area contributed by atoms with E-state index in [1.807, 2.05) is 45.0 Å². The predicted molar refractivity (Wildman–Crippen MR) is 103 cm³/mol. The molecule has 1 heterocycles. The second-order valence-electron chi connectivity index (χ2n) is 7.01. The number of nitrogens with one attached hydrogen (secondary N) is 1. The van der Waals surface area contributed by atoms with Crippen LogP contribution in [0.4, 0.5) is 0 Å². The second-order valence-corrected chi connectivity index (χ2v) is 7.01. The molecule has 0 unspecified atom stereocenters. The number of amides is 2. The van der Waals surface area contributed by atoms with Crippen molar-refractivity contribution in [3.05, 3.63) is 70.3 Å². The number of aryl methyl sites for hydroxylation is 2. The number of hydrogen-bond donors (Lipinski definition) is 1. The molecule has 0 aromatic heterocycles. The van der Waals surface area contributed by atoms with Gasteiger partial charge in [-0.3, -0.25) is 9.59 Å². The zero-order valence-corrected chi connectivity index (χ0v) is 15.7. The highest BCUT2D eigenvalue weighted by molar-refractivity contribution is 5.92. The van der Waals surface area contributed by atoms with Gasteiger partial charge in [-0.25, -0.2) is 0 Å². The monoisotopic (exact) mass is 350 g/mol. The summed E-state index contributed by atoms with van der Waals surface area (Å²) in [6.45, 7) is 7.18. The Morgan fingerprint density at radius 1 is 1.19 bits per heavy atom. The van der Waals surface area contributed by atoms with Crippen LogP contribution >= 0.6 is 0 Å². The van der Waals surface area contributed by atoms with Crippen molar-refractivity contribution in [2.24, 2.45) is 0 Å². The van der Waals surface area contributed by atoms with Crippen LogP contribution in [0, 0.1) is 13.8 Å². The molecule has 3 rings (SSSR count). The molecule has 26 heavy (non-hydrogen) atoms. The first-order valence-corrected chi connectivity index (χ1v) is 9.22. The quantitative estimate of drug-likeness (QED) is 0.898. The zero-order valence-electron chi connectivity index (χ0n) is 15.7. The first kappa shape index (κ1) is 18.2. The number of benzene rings is 2. The number of carbonyl (C=O) groups is 2. The zero-order chi connectivity index (χ0) is 18.7. The summed E-state index contributed by atoms with van der Waals surface area (Å²) in [6.07, 6.45) is 1.20. The van der Waals surface area contributed by atoms with Gasteiger partial charge in [-0.1, -0.05) is 55.0 Å². The van der Waals surface area contributed by atoms with Crippen molar-refractivity contribution in [3.8, 4) is 0 Å². The summed E-state index contributed by atoms with van der Waals surface area (Å²) in [4.78, 5) is 27.4. The molecule has 0 spiro atoms. The van der Waals surface area contributed by atoms with E-state index in [-0.39, 0.29) is 11.8 Å². The second kappa shape index (κ2) is 7.73. The average molecular weight is 350 g/mol. The number of fused-ring (bicyclic) bond motifs is 1. The largest absolute Gasteiger partial charge is 0.350 e. The van der Waals surface area contributed by atoms with E-state index in [0.29, 0.717) is 19.5 Å². The van der Waals surface area contributed by atoms with Gasteiger partial charge in [0.1, 0.15) is 6.04 Å². The van der Waals surface area contributed by atoms with Gasteiger partial charge < -0.3 is 10.2 Å². The fourth-order valence-electron chi connectivity index (χ4n) is 3.59. The summed E-state index contributed by atoms with van der Waals surface area (Å²) in [5.74, 6) is -0.0858. The summed E-state index contributed by atoms with van der Waals surface area (Å²) in [7, 11) is 0. The SMILES string of the molecule is CCCN1C(=O)Cc2ccccc2[C@@H]1C(=O)NCc1cc(C)ccc1C. The maximum Gasteiger partial charge on any atom is 0.247 e. The van der Waals surface area contributed by atoms with E-state index in [0.717, 1.165) is 28.7 Å². The Morgan fingerprint density at radius 2 is 1.96 bits per heavy atom. The molecular weight excluding hydrogens is 324 g/mol. The molecule has 136 valence electrons. The first-order valence-electron chi connectivity index (χ1n) is 9.22. The molecule has 0 fully saturated rings. The van der Waals surface area contributed by atoms with Crippen LogP contribution in [0.25, 0.3) is 0 Å². The molecule has 0 saturated carbocycles. The Kier molecular flexibility index (Phi) is 5.40. The van der Waals surface area contributed by atoms with Gasteiger partial charge in [0.25, 0.3) is 0 Å². The summed E-state index contributed by atoms with van der Waals surface area (Å²) in [6, 6.07) is 13.5. The van der Waals surface area contributed by atoms with E-state index in [4.69, 9.17) is 0 Å². The van der Waals surface area contributed by atoms with Crippen LogP contribution in [0.3, 0.4) is 0 Å². The minimum atomic E-state index is -0.544. The molecule has 4 nitrogen and oxygen atoms in total. The summed E-state index contributed by atoms with van der Waals surface area (Å²) < 4.78 is 0. The lowest BCUT2D eigenvalue weighted by molar-refractivity contribution is -0.141. The fraction of sp³-hybridized carbons (Fsp3) is 0.364. The molecule has 1 aliphatic heterocycles. The predicted octanol–water partition coefficient (Wildman–Crippen LogP) is 3.46. The van der Waals surface area contributed by atoms with Crippen LogP contribution in [0.1, 0.15) is 47.2 Å². The summed E-state index contributed by atoms with van der Waals surface area (Å²) in [5.41, 5.74) is 5.33. The van der Waals surface area contributed by atoms with E-state index >= 15 is 0 Å². The van der Waals surface area contributed by atoms with Crippen LogP contribution in [-0.4, -0.2) is 23.3 Å². The molecule has 0 aliphatic carbocycles. The standard InChI is InChI=1S/C22H26N2O2/c1-4-11-24-20(25)13-17-7-5-6-8-19(17)21(24)22(26)23-14-18-12-15(2)9-10-16(18)3/h5-10,12,21H,4,11,13-14H2,1-3H3,(H,23,26)/t21-/m1/s1. The van der Waals surface area contributed by atoms with Gasteiger partial charge in [-0.05, 0) is 42.5 Å². The van der Waals surface area contributed by atoms with Gasteiger partial charge in [0, 0.05) is 13.1 Å². The molecule has 1 atom stereocenters. The number of rotatable bonds is 5. The highest BCUT2D eigenvalue weighted by Gasteiger charge is 2.36. The molecule has 2 amide bonds. The van der Waals surface area contributed by atoms with Gasteiger partial charge in [0.05, 0.1) is 6.42 Å². The van der Waals surface area contributed by atoms with Crippen LogP contribution in [-0.2, 0) is 22.6 Å². The number of nitrogens with zero attached hydrogens (tertiary/aromatic N) is 1. The lowest BCUT2D eigenvalue weighted by Gasteiger charge is -2.36. The van der Waals surface area contributed by atoms with Crippen LogP contribution in [0.5, 0.6) is 0 Å². The average Bonchev–Trinajstić information content (AvgIpc) is 2.63. The minimum absolute atomic E-state index is 0.0254. The van der Waals surface area contributed by atoms with E-state index in [1.165, 1.54) is 5.56 Å². The van der Waals surface area contributed by atoms with Gasteiger partial charge in [-0.15, -0.1) is 0 Å². The molecule has 0 bridgehead atoms. The maximum absolute atomic E-state index is 13.1. The van der Waals surface area contributed by atoms with E-state index in [1.54, 1.807) is 4.90 Å². The summed E-state index contributed by atoms with van der Waals surface area (Å²) in [5, 5.41) is 3.05. The van der Waals surface area contributed by atoms with Crippen molar-refractivity contribution in [1.29, 1.82) is 0 Å². The van der Waals surface area contributed by atoms with Crippen molar-refractivity contribution in [3.63, 3.8) is 0 Å². The lowest BCUT2D eigenvalue weighted by Crippen LogP contribution is -2.47. The molecular formula is C22H26N2O2. The van der Waals surface area contributed by atoms with Crippen LogP contribution < -0.4 is 5.32 Å². The van der Waals surface area contributed by atoms with Gasteiger partial charge in [0.2, 0.25) is 11.8 Å². The molecule has 2 aromatic carbocycles. The lowest BCUT2D eigenvalue weighted by atomic mass is 9.91. The smallest absolute Gasteiger partial charge is 0.247 e. The topological polar surface area (TPSA) is 49.4 Å². The third-order valence-electron chi connectivity index (χ3n) is 4.99. The Labute approximate surface area is 155 Å². The Bertz CT molecular complexity index is 829. The van der Waals surface area contributed by atoms with E-state index in [9.17, 15) is 9.59 Å². The van der Waals surface area contributed by atoms with Crippen molar-refractivity contribution in [2.45, 2.75) is 46.2 Å². The fourth-order valence-corrected chi connectivity index (χ4v) is 3.59. The molecule has 4 heteroatoms. The molecule has 1 N–H and O–H groups in total. The number of carbonyl (C=O) groups excluding carboxylic acids is 2. The van der Waals surface area contributed by atoms with E-state index in [2.05, 4.69) is 23.5 Å². The van der Waals surface area contributed by atoms with Crippen molar-refractivity contribution < 1.29 is 9.59 Å². The molecule has 2 aromatic rings. The minimum Gasteiger partial charge on any atom is -0.350 e.